The van der Waals surface area contributed by atoms with Crippen molar-refractivity contribution in [1.82, 2.24) is 0 Å². The summed E-state index contributed by atoms with van der Waals surface area (Å²) in [5.41, 5.74) is 0. The van der Waals surface area contributed by atoms with Crippen molar-refractivity contribution in [1.29, 1.82) is 0 Å². The molecule has 1 aliphatic carbocycles. The Morgan fingerprint density at radius 1 is 1.36 bits per heavy atom. The zero-order chi connectivity index (χ0) is 8.27. The number of allylic oxidation sites excluding steroid dienone is 2. The lowest BCUT2D eigenvalue weighted by atomic mass is 9.91. The standard InChI is InChI=1S/C10H18O/c1-8(9(2)11)7-10-5-3-4-6-10/h3-4,8-11H,5-7H2,1-2H3. The molecule has 11 heavy (non-hydrogen) atoms. The summed E-state index contributed by atoms with van der Waals surface area (Å²) in [6.07, 6.45) is 7.97. The molecule has 0 saturated heterocycles. The van der Waals surface area contributed by atoms with Gasteiger partial charge in [0.1, 0.15) is 0 Å². The van der Waals surface area contributed by atoms with Crippen LogP contribution in [-0.4, -0.2) is 11.2 Å². The van der Waals surface area contributed by atoms with Crippen molar-refractivity contribution < 1.29 is 5.11 Å². The van der Waals surface area contributed by atoms with Crippen molar-refractivity contribution in [2.45, 2.75) is 39.2 Å². The first-order valence-corrected chi connectivity index (χ1v) is 4.53. The average molecular weight is 154 g/mol. The molecular weight excluding hydrogens is 136 g/mol. The monoisotopic (exact) mass is 154 g/mol. The first-order valence-electron chi connectivity index (χ1n) is 4.53. The zero-order valence-electron chi connectivity index (χ0n) is 7.46. The quantitative estimate of drug-likeness (QED) is 0.619. The van der Waals surface area contributed by atoms with E-state index in [1.165, 1.54) is 19.3 Å². The summed E-state index contributed by atoms with van der Waals surface area (Å²) < 4.78 is 0. The molecule has 0 amide bonds. The smallest absolute Gasteiger partial charge is 0.0537 e. The molecule has 1 aliphatic rings. The number of hydrogen-bond acceptors (Lipinski definition) is 1. The second-order valence-electron chi connectivity index (χ2n) is 3.76. The maximum Gasteiger partial charge on any atom is 0.0537 e. The summed E-state index contributed by atoms with van der Waals surface area (Å²) in [4.78, 5) is 0. The minimum absolute atomic E-state index is 0.143. The fourth-order valence-corrected chi connectivity index (χ4v) is 1.59. The van der Waals surface area contributed by atoms with Crippen LogP contribution in [0.15, 0.2) is 12.2 Å². The van der Waals surface area contributed by atoms with Crippen LogP contribution in [-0.2, 0) is 0 Å². The lowest BCUT2D eigenvalue weighted by Crippen LogP contribution is -2.16. The van der Waals surface area contributed by atoms with Gasteiger partial charge in [0.25, 0.3) is 0 Å². The molecule has 0 heterocycles. The Morgan fingerprint density at radius 3 is 2.36 bits per heavy atom. The predicted octanol–water partition coefficient (Wildman–Crippen LogP) is 2.36. The van der Waals surface area contributed by atoms with E-state index in [1.807, 2.05) is 6.92 Å². The molecule has 64 valence electrons. The van der Waals surface area contributed by atoms with Crippen molar-refractivity contribution in [3.63, 3.8) is 0 Å². The van der Waals surface area contributed by atoms with Gasteiger partial charge >= 0.3 is 0 Å². The Balaban J connectivity index is 2.20. The van der Waals surface area contributed by atoms with E-state index in [-0.39, 0.29) is 6.10 Å². The van der Waals surface area contributed by atoms with Crippen LogP contribution in [0, 0.1) is 11.8 Å². The fourth-order valence-electron chi connectivity index (χ4n) is 1.59. The molecule has 0 aromatic heterocycles. The van der Waals surface area contributed by atoms with Gasteiger partial charge < -0.3 is 5.11 Å². The van der Waals surface area contributed by atoms with E-state index < -0.39 is 0 Å². The lowest BCUT2D eigenvalue weighted by Gasteiger charge is -2.18. The third kappa shape index (κ3) is 2.66. The lowest BCUT2D eigenvalue weighted by molar-refractivity contribution is 0.120. The van der Waals surface area contributed by atoms with Crippen LogP contribution in [0.2, 0.25) is 0 Å². The van der Waals surface area contributed by atoms with Crippen molar-refractivity contribution in [3.05, 3.63) is 12.2 Å². The first kappa shape index (κ1) is 8.79. The molecule has 1 rings (SSSR count). The molecule has 1 N–H and O–H groups in total. The van der Waals surface area contributed by atoms with Gasteiger partial charge in [0.2, 0.25) is 0 Å². The summed E-state index contributed by atoms with van der Waals surface area (Å²) in [7, 11) is 0. The summed E-state index contributed by atoms with van der Waals surface area (Å²) in [5.74, 6) is 1.26. The number of aliphatic hydroxyl groups excluding tert-OH is 1. The second kappa shape index (κ2) is 3.91. The van der Waals surface area contributed by atoms with E-state index >= 15 is 0 Å². The van der Waals surface area contributed by atoms with Gasteiger partial charge in [-0.25, -0.2) is 0 Å². The van der Waals surface area contributed by atoms with Gasteiger partial charge in [-0.2, -0.15) is 0 Å². The van der Waals surface area contributed by atoms with Crippen LogP contribution < -0.4 is 0 Å². The van der Waals surface area contributed by atoms with Crippen molar-refractivity contribution in [2.24, 2.45) is 11.8 Å². The fraction of sp³-hybridized carbons (Fsp3) is 0.800. The highest BCUT2D eigenvalue weighted by molar-refractivity contribution is 4.94. The van der Waals surface area contributed by atoms with Crippen LogP contribution in [0.4, 0.5) is 0 Å². The molecule has 0 saturated carbocycles. The Hall–Kier alpha value is -0.300. The minimum Gasteiger partial charge on any atom is -0.393 e. The highest BCUT2D eigenvalue weighted by atomic mass is 16.3. The van der Waals surface area contributed by atoms with E-state index in [4.69, 9.17) is 0 Å². The first-order chi connectivity index (χ1) is 5.20. The van der Waals surface area contributed by atoms with Gasteiger partial charge in [0.15, 0.2) is 0 Å². The predicted molar refractivity (Wildman–Crippen MR) is 47.3 cm³/mol. The van der Waals surface area contributed by atoms with Crippen LogP contribution >= 0.6 is 0 Å². The molecule has 0 bridgehead atoms. The molecule has 0 fully saturated rings. The Bertz CT molecular complexity index is 130. The third-order valence-electron chi connectivity index (χ3n) is 2.63. The van der Waals surface area contributed by atoms with Gasteiger partial charge in [-0.1, -0.05) is 19.1 Å². The minimum atomic E-state index is -0.143. The molecular formula is C10H18O. The van der Waals surface area contributed by atoms with Crippen LogP contribution in [0.3, 0.4) is 0 Å². The van der Waals surface area contributed by atoms with Crippen molar-refractivity contribution >= 4 is 0 Å². The van der Waals surface area contributed by atoms with Crippen molar-refractivity contribution in [3.8, 4) is 0 Å². The summed E-state index contributed by atoms with van der Waals surface area (Å²) >= 11 is 0. The van der Waals surface area contributed by atoms with Gasteiger partial charge in [0.05, 0.1) is 6.10 Å². The van der Waals surface area contributed by atoms with Gasteiger partial charge in [-0.15, -0.1) is 0 Å². The van der Waals surface area contributed by atoms with Crippen LogP contribution in [0.1, 0.15) is 33.1 Å². The number of rotatable bonds is 3. The molecule has 0 aromatic rings. The maximum atomic E-state index is 9.26. The molecule has 0 aliphatic heterocycles. The topological polar surface area (TPSA) is 20.2 Å². The second-order valence-corrected chi connectivity index (χ2v) is 3.76. The third-order valence-corrected chi connectivity index (χ3v) is 2.63. The molecule has 1 nitrogen and oxygen atoms in total. The molecule has 1 heteroatoms. The highest BCUT2D eigenvalue weighted by Gasteiger charge is 2.16. The molecule has 2 unspecified atom stereocenters. The van der Waals surface area contributed by atoms with Crippen LogP contribution in [0.5, 0.6) is 0 Å². The Labute approximate surface area is 69.1 Å². The average Bonchev–Trinajstić information content (AvgIpc) is 2.39. The summed E-state index contributed by atoms with van der Waals surface area (Å²) in [6, 6.07) is 0. The molecule has 0 aromatic carbocycles. The van der Waals surface area contributed by atoms with Crippen LogP contribution in [0.25, 0.3) is 0 Å². The summed E-state index contributed by atoms with van der Waals surface area (Å²) in [5, 5.41) is 9.26. The van der Waals surface area contributed by atoms with Gasteiger partial charge in [0, 0.05) is 0 Å². The maximum absolute atomic E-state index is 9.26. The normalized spacial score (nSPS) is 23.9. The molecule has 0 spiro atoms. The Morgan fingerprint density at radius 2 is 1.91 bits per heavy atom. The largest absolute Gasteiger partial charge is 0.393 e. The van der Waals surface area contributed by atoms with E-state index in [0.717, 1.165) is 5.92 Å². The summed E-state index contributed by atoms with van der Waals surface area (Å²) in [6.45, 7) is 4.01. The Kier molecular flexibility index (Phi) is 3.13. The molecule has 2 atom stereocenters. The van der Waals surface area contributed by atoms with Gasteiger partial charge in [-0.3, -0.25) is 0 Å². The number of aliphatic hydroxyl groups is 1. The van der Waals surface area contributed by atoms with Gasteiger partial charge in [-0.05, 0) is 38.0 Å². The van der Waals surface area contributed by atoms with E-state index in [1.54, 1.807) is 0 Å². The zero-order valence-corrected chi connectivity index (χ0v) is 7.46. The van der Waals surface area contributed by atoms with E-state index in [2.05, 4.69) is 19.1 Å². The SMILES string of the molecule is CC(O)C(C)CC1CC=CC1. The van der Waals surface area contributed by atoms with E-state index in [0.29, 0.717) is 5.92 Å². The van der Waals surface area contributed by atoms with E-state index in [9.17, 15) is 5.11 Å². The highest BCUT2D eigenvalue weighted by Crippen LogP contribution is 2.26. The number of hydrogen-bond donors (Lipinski definition) is 1. The molecule has 0 radical (unpaired) electrons. The van der Waals surface area contributed by atoms with Crippen molar-refractivity contribution in [2.75, 3.05) is 0 Å².